The van der Waals surface area contributed by atoms with Crippen LogP contribution in [0.5, 0.6) is 0 Å². The molecule has 0 aliphatic rings. The Morgan fingerprint density at radius 2 is 2.08 bits per heavy atom. The second kappa shape index (κ2) is 4.23. The van der Waals surface area contributed by atoms with E-state index in [9.17, 15) is 4.91 Å². The third-order valence-electron chi connectivity index (χ3n) is 1.06. The van der Waals surface area contributed by atoms with Crippen molar-refractivity contribution >= 4 is 17.3 Å². The summed E-state index contributed by atoms with van der Waals surface area (Å²) in [5.41, 5.74) is 3.19. The van der Waals surface area contributed by atoms with Crippen molar-refractivity contribution < 1.29 is 15.9 Å². The monoisotopic (exact) mass is 177 g/mol. The van der Waals surface area contributed by atoms with Crippen molar-refractivity contribution in [1.82, 2.24) is 10.2 Å². The van der Waals surface area contributed by atoms with E-state index in [1.165, 1.54) is 0 Å². The smallest absolute Gasteiger partial charge is 0.244 e. The average molecular weight is 177 g/mol. The summed E-state index contributed by atoms with van der Waals surface area (Å²) in [4.78, 5) is 9.92. The fraction of sp³-hybridized carbons (Fsp3) is 0. The molecule has 0 atom stereocenters. The maximum Gasteiger partial charge on any atom is 0.244 e. The number of hydrogen-bond acceptors (Lipinski definition) is 7. The van der Waals surface area contributed by atoms with E-state index in [-0.39, 0.29) is 22.8 Å². The lowest BCUT2D eigenvalue weighted by Gasteiger charge is -1.96. The second-order valence-corrected chi connectivity index (χ2v) is 1.61. The van der Waals surface area contributed by atoms with Crippen LogP contribution in [0.25, 0.3) is 0 Å². The third-order valence-corrected chi connectivity index (χ3v) is 1.06. The highest BCUT2D eigenvalue weighted by molar-refractivity contribution is 5.73. The Morgan fingerprint density at radius 3 is 2.50 bits per heavy atom. The van der Waals surface area contributed by atoms with Gasteiger partial charge in [0.05, 0.1) is 0 Å². The number of nitrogens with zero attached hydrogens (tertiary/aromatic N) is 2. The first kappa shape index (κ1) is 10.3. The summed E-state index contributed by atoms with van der Waals surface area (Å²) in [6, 6.07) is 0. The topological polar surface area (TPSA) is 154 Å². The molecule has 0 saturated carbocycles. The lowest BCUT2D eigenvalue weighted by atomic mass is 10.5. The minimum atomic E-state index is -0.274. The fourth-order valence-electron chi connectivity index (χ4n) is 0.585. The number of nitrogens with one attached hydrogen (secondary N) is 3. The first-order valence-electron chi connectivity index (χ1n) is 2.55. The number of aromatic nitrogens is 2. The van der Waals surface area contributed by atoms with Crippen LogP contribution in [-0.4, -0.2) is 26.1 Å². The maximum absolute atomic E-state index is 9.92. The summed E-state index contributed by atoms with van der Waals surface area (Å²) >= 11 is 0. The van der Waals surface area contributed by atoms with E-state index >= 15 is 0 Å². The predicted octanol–water partition coefficient (Wildman–Crippen LogP) is -0.415. The molecule has 0 saturated heterocycles. The predicted molar refractivity (Wildman–Crippen MR) is 38.5 cm³/mol. The van der Waals surface area contributed by atoms with Crippen molar-refractivity contribution in [3.8, 4) is 0 Å². The van der Waals surface area contributed by atoms with Gasteiger partial charge in [0.15, 0.2) is 11.5 Å². The third kappa shape index (κ3) is 1.47. The number of rotatable bonds is 3. The standard InChI is InChI=1S/C3H5N5O3.H2O/c9-6-1-2(7-10)4-5-3(1)8-11;/h6,9-10H,(H2,4,5,7);1H2. The summed E-state index contributed by atoms with van der Waals surface area (Å²) < 4.78 is 0. The zero-order valence-corrected chi connectivity index (χ0v) is 5.70. The molecule has 1 aromatic rings. The van der Waals surface area contributed by atoms with Crippen LogP contribution in [0.15, 0.2) is 5.18 Å². The van der Waals surface area contributed by atoms with Crippen molar-refractivity contribution in [2.75, 3.05) is 11.0 Å². The molecule has 1 aromatic heterocycles. The zero-order valence-electron chi connectivity index (χ0n) is 5.70. The average Bonchev–Trinajstić information content (AvgIpc) is 2.45. The van der Waals surface area contributed by atoms with Gasteiger partial charge in [0.1, 0.15) is 0 Å². The summed E-state index contributed by atoms with van der Waals surface area (Å²) in [5.74, 6) is -0.314. The van der Waals surface area contributed by atoms with Gasteiger partial charge in [0, 0.05) is 0 Å². The molecule has 68 valence electrons. The quantitative estimate of drug-likeness (QED) is 0.312. The molecule has 0 radical (unpaired) electrons. The molecule has 0 aliphatic carbocycles. The highest BCUT2D eigenvalue weighted by Crippen LogP contribution is 2.28. The van der Waals surface area contributed by atoms with Gasteiger partial charge in [-0.05, 0) is 5.18 Å². The van der Waals surface area contributed by atoms with Crippen molar-refractivity contribution in [3.05, 3.63) is 4.91 Å². The van der Waals surface area contributed by atoms with Crippen LogP contribution in [-0.2, 0) is 0 Å². The van der Waals surface area contributed by atoms with Crippen LogP contribution in [0.4, 0.5) is 17.3 Å². The Hall–Kier alpha value is -1.71. The molecule has 12 heavy (non-hydrogen) atoms. The van der Waals surface area contributed by atoms with Crippen molar-refractivity contribution in [1.29, 1.82) is 0 Å². The molecule has 9 nitrogen and oxygen atoms in total. The van der Waals surface area contributed by atoms with Gasteiger partial charge in [-0.15, -0.1) is 10.0 Å². The van der Waals surface area contributed by atoms with Crippen molar-refractivity contribution in [2.45, 2.75) is 0 Å². The zero-order chi connectivity index (χ0) is 8.27. The van der Waals surface area contributed by atoms with E-state index in [2.05, 4.69) is 15.4 Å². The first-order valence-corrected chi connectivity index (χ1v) is 2.55. The number of H-pyrrole nitrogens is 1. The number of anilines is 2. The number of nitroso groups, excluding NO2 is 1. The van der Waals surface area contributed by atoms with Crippen LogP contribution in [0, 0.1) is 4.91 Å². The van der Waals surface area contributed by atoms with Crippen LogP contribution in [0.2, 0.25) is 0 Å². The van der Waals surface area contributed by atoms with Crippen molar-refractivity contribution in [3.63, 3.8) is 0 Å². The van der Waals surface area contributed by atoms with Gasteiger partial charge in [-0.25, -0.2) is 0 Å². The Kier molecular flexibility index (Phi) is 3.62. The van der Waals surface area contributed by atoms with Gasteiger partial charge < -0.3 is 5.48 Å². The van der Waals surface area contributed by atoms with Gasteiger partial charge in [0.25, 0.3) is 0 Å². The van der Waals surface area contributed by atoms with E-state index < -0.39 is 0 Å². The van der Waals surface area contributed by atoms with E-state index in [0.717, 1.165) is 0 Å². The molecule has 0 aromatic carbocycles. The van der Waals surface area contributed by atoms with Crippen LogP contribution < -0.4 is 11.0 Å². The molecule has 0 spiro atoms. The molecular weight excluding hydrogens is 170 g/mol. The van der Waals surface area contributed by atoms with Crippen LogP contribution >= 0.6 is 0 Å². The second-order valence-electron chi connectivity index (χ2n) is 1.61. The largest absolute Gasteiger partial charge is 0.412 e. The molecule has 0 bridgehead atoms. The molecule has 0 unspecified atom stereocenters. The van der Waals surface area contributed by atoms with E-state index in [1.807, 2.05) is 0 Å². The van der Waals surface area contributed by atoms with Gasteiger partial charge in [-0.3, -0.25) is 26.5 Å². The lowest BCUT2D eigenvalue weighted by molar-refractivity contribution is 0.376. The van der Waals surface area contributed by atoms with Crippen LogP contribution in [0.3, 0.4) is 0 Å². The Labute approximate surface area is 65.6 Å². The first-order chi connectivity index (χ1) is 5.33. The normalized spacial score (nSPS) is 8.50. The minimum Gasteiger partial charge on any atom is -0.412 e. The van der Waals surface area contributed by atoms with Gasteiger partial charge in [0.2, 0.25) is 5.82 Å². The molecule has 1 heterocycles. The van der Waals surface area contributed by atoms with Gasteiger partial charge in [-0.2, -0.15) is 0 Å². The Morgan fingerprint density at radius 1 is 1.42 bits per heavy atom. The Balaban J connectivity index is 0.00000121. The summed E-state index contributed by atoms with van der Waals surface area (Å²) in [7, 11) is 0. The van der Waals surface area contributed by atoms with E-state index in [1.54, 1.807) is 11.0 Å². The maximum atomic E-state index is 9.92. The van der Waals surface area contributed by atoms with Gasteiger partial charge >= 0.3 is 0 Å². The fourth-order valence-corrected chi connectivity index (χ4v) is 0.585. The molecule has 0 aliphatic heterocycles. The highest BCUT2D eigenvalue weighted by Gasteiger charge is 2.11. The molecule has 7 N–H and O–H groups in total. The minimum absolute atomic E-state index is 0. The molecule has 0 fully saturated rings. The SMILES string of the molecule is O.O=Nc1n[nH]c(NO)c1NO. The molecular formula is C3H7N5O4. The highest BCUT2D eigenvalue weighted by atomic mass is 16.5. The molecule has 1 rings (SSSR count). The number of aromatic amines is 1. The van der Waals surface area contributed by atoms with Gasteiger partial charge in [-0.1, -0.05) is 0 Å². The van der Waals surface area contributed by atoms with E-state index in [4.69, 9.17) is 10.4 Å². The van der Waals surface area contributed by atoms with E-state index in [0.29, 0.717) is 0 Å². The lowest BCUT2D eigenvalue weighted by Crippen LogP contribution is -1.95. The summed E-state index contributed by atoms with van der Waals surface area (Å²) in [6.07, 6.45) is 0. The summed E-state index contributed by atoms with van der Waals surface area (Å²) in [5, 5.41) is 24.7. The van der Waals surface area contributed by atoms with Crippen LogP contribution in [0.1, 0.15) is 0 Å². The Bertz CT molecular complexity index is 259. The summed E-state index contributed by atoms with van der Waals surface area (Å²) in [6.45, 7) is 0. The molecule has 9 heteroatoms. The van der Waals surface area contributed by atoms with Crippen molar-refractivity contribution in [2.24, 2.45) is 5.18 Å². The number of hydrogen-bond donors (Lipinski definition) is 5. The molecule has 0 amide bonds.